The first kappa shape index (κ1) is 13.3. The van der Waals surface area contributed by atoms with E-state index in [1.54, 1.807) is 0 Å². The van der Waals surface area contributed by atoms with Gasteiger partial charge in [0.2, 0.25) is 0 Å². The predicted octanol–water partition coefficient (Wildman–Crippen LogP) is 2.06. The maximum atomic E-state index is 12.1. The third kappa shape index (κ3) is 3.22. The van der Waals surface area contributed by atoms with Gasteiger partial charge < -0.3 is 11.2 Å². The largest absolute Gasteiger partial charge is 0.322 e. The number of hydrogen-bond acceptors (Lipinski definition) is 3. The second kappa shape index (κ2) is 6.18. The second-order valence-corrected chi connectivity index (χ2v) is 4.80. The first-order valence-corrected chi connectivity index (χ1v) is 6.55. The Bertz CT molecular complexity index is 520. The molecule has 4 nitrogen and oxygen atoms in total. The van der Waals surface area contributed by atoms with Crippen LogP contribution in [-0.4, -0.2) is 12.2 Å². The van der Waals surface area contributed by atoms with Gasteiger partial charge in [0.1, 0.15) is 6.34 Å². The van der Waals surface area contributed by atoms with Gasteiger partial charge in [-0.1, -0.05) is 37.6 Å². The molecule has 0 saturated heterocycles. The summed E-state index contributed by atoms with van der Waals surface area (Å²) in [6, 6.07) is 8.23. The van der Waals surface area contributed by atoms with Crippen LogP contribution in [0.2, 0.25) is 0 Å². The third-order valence-electron chi connectivity index (χ3n) is 3.54. The van der Waals surface area contributed by atoms with Crippen LogP contribution in [0.1, 0.15) is 30.9 Å². The Morgan fingerprint density at radius 3 is 3.00 bits per heavy atom. The number of benzene rings is 1. The van der Waals surface area contributed by atoms with Crippen molar-refractivity contribution >= 4 is 18.3 Å². The summed E-state index contributed by atoms with van der Waals surface area (Å²) in [5.41, 5.74) is 3.23. The zero-order chi connectivity index (χ0) is 13.7. The maximum absolute atomic E-state index is 12.1. The minimum Gasteiger partial charge on any atom is -0.322 e. The smallest absolute Gasteiger partial charge is 0.252 e. The average molecular weight is 257 g/mol. The Morgan fingerprint density at radius 1 is 1.47 bits per heavy atom. The van der Waals surface area contributed by atoms with E-state index in [0.29, 0.717) is 5.92 Å². The van der Waals surface area contributed by atoms with E-state index in [1.165, 1.54) is 11.9 Å². The second-order valence-electron chi connectivity index (χ2n) is 4.80. The third-order valence-corrected chi connectivity index (χ3v) is 3.54. The van der Waals surface area contributed by atoms with Gasteiger partial charge in [0.05, 0.1) is 0 Å². The van der Waals surface area contributed by atoms with E-state index >= 15 is 0 Å². The monoisotopic (exact) mass is 257 g/mol. The Labute approximate surface area is 113 Å². The van der Waals surface area contributed by atoms with Crippen molar-refractivity contribution in [3.05, 3.63) is 41.0 Å². The molecular formula is C15H19N3O. The summed E-state index contributed by atoms with van der Waals surface area (Å²) >= 11 is 0. The summed E-state index contributed by atoms with van der Waals surface area (Å²) in [5, 5.41) is 5.87. The molecule has 4 heteroatoms. The first-order chi connectivity index (χ1) is 9.24. The van der Waals surface area contributed by atoms with E-state index in [4.69, 9.17) is 5.84 Å². The molecule has 0 spiro atoms. The van der Waals surface area contributed by atoms with Crippen LogP contribution in [0.4, 0.5) is 0 Å². The lowest BCUT2D eigenvalue weighted by Gasteiger charge is -2.13. The number of hydrogen-bond donors (Lipinski definition) is 2. The molecular weight excluding hydrogens is 238 g/mol. The molecule has 1 amide bonds. The van der Waals surface area contributed by atoms with E-state index in [1.807, 2.05) is 18.2 Å². The SMILES string of the molecule is CCC1CC(C(=O)NC=NN)=Cc2ccccc2C1. The standard InChI is InChI=1S/C15H19N3O/c1-2-11-7-12-5-3-4-6-13(12)9-14(8-11)15(19)17-10-18-16/h3-6,9-11H,2,7-8,16H2,1H3,(H,17,18,19). The van der Waals surface area contributed by atoms with Crippen molar-refractivity contribution in [3.8, 4) is 0 Å². The molecule has 19 heavy (non-hydrogen) atoms. The molecule has 0 heterocycles. The molecule has 3 N–H and O–H groups in total. The molecule has 0 aliphatic heterocycles. The van der Waals surface area contributed by atoms with E-state index in [2.05, 4.69) is 29.5 Å². The molecule has 1 aliphatic rings. The Hall–Kier alpha value is -2.10. The first-order valence-electron chi connectivity index (χ1n) is 6.55. The number of hydrazone groups is 1. The van der Waals surface area contributed by atoms with Crippen molar-refractivity contribution in [2.75, 3.05) is 0 Å². The van der Waals surface area contributed by atoms with Gasteiger partial charge >= 0.3 is 0 Å². The number of rotatable bonds is 3. The molecule has 0 radical (unpaired) electrons. The number of nitrogens with zero attached hydrogens (tertiary/aromatic N) is 1. The van der Waals surface area contributed by atoms with Crippen LogP contribution in [0.3, 0.4) is 0 Å². The fourth-order valence-corrected chi connectivity index (χ4v) is 2.44. The maximum Gasteiger partial charge on any atom is 0.252 e. The highest BCUT2D eigenvalue weighted by Gasteiger charge is 2.20. The molecule has 1 unspecified atom stereocenters. The van der Waals surface area contributed by atoms with Crippen molar-refractivity contribution in [1.82, 2.24) is 5.32 Å². The van der Waals surface area contributed by atoms with Gasteiger partial charge in [-0.2, -0.15) is 5.10 Å². The minimum absolute atomic E-state index is 0.121. The van der Waals surface area contributed by atoms with Gasteiger partial charge in [-0.25, -0.2) is 0 Å². The highest BCUT2D eigenvalue weighted by molar-refractivity contribution is 6.03. The van der Waals surface area contributed by atoms with Crippen LogP contribution < -0.4 is 11.2 Å². The summed E-state index contributed by atoms with van der Waals surface area (Å²) in [7, 11) is 0. The number of nitrogens with two attached hydrogens (primary N) is 1. The van der Waals surface area contributed by atoms with Crippen LogP contribution >= 0.6 is 0 Å². The Kier molecular flexibility index (Phi) is 4.34. The molecule has 2 rings (SSSR count). The number of amides is 1. The number of carbonyl (C=O) groups is 1. The van der Waals surface area contributed by atoms with E-state index in [0.717, 1.165) is 30.4 Å². The van der Waals surface area contributed by atoms with Crippen molar-refractivity contribution in [3.63, 3.8) is 0 Å². The predicted molar refractivity (Wildman–Crippen MR) is 77.3 cm³/mol. The van der Waals surface area contributed by atoms with Crippen molar-refractivity contribution in [2.24, 2.45) is 16.9 Å². The molecule has 1 aromatic carbocycles. The zero-order valence-electron chi connectivity index (χ0n) is 11.1. The van der Waals surface area contributed by atoms with Crippen LogP contribution in [0, 0.1) is 5.92 Å². The van der Waals surface area contributed by atoms with Crippen molar-refractivity contribution in [1.29, 1.82) is 0 Å². The van der Waals surface area contributed by atoms with Crippen molar-refractivity contribution in [2.45, 2.75) is 26.2 Å². The van der Waals surface area contributed by atoms with Crippen LogP contribution in [0.5, 0.6) is 0 Å². The molecule has 0 bridgehead atoms. The average Bonchev–Trinajstić information content (AvgIpc) is 2.63. The lowest BCUT2D eigenvalue weighted by molar-refractivity contribution is -0.116. The minimum atomic E-state index is -0.121. The van der Waals surface area contributed by atoms with Crippen molar-refractivity contribution < 1.29 is 4.79 Å². The van der Waals surface area contributed by atoms with E-state index in [-0.39, 0.29) is 5.91 Å². The Morgan fingerprint density at radius 2 is 2.26 bits per heavy atom. The molecule has 0 fully saturated rings. The normalized spacial score (nSPS) is 18.6. The molecule has 100 valence electrons. The Balaban J connectivity index is 2.31. The summed E-state index contributed by atoms with van der Waals surface area (Å²) in [6.07, 6.45) is 6.07. The molecule has 1 atom stereocenters. The number of carbonyl (C=O) groups excluding carboxylic acids is 1. The quantitative estimate of drug-likeness (QED) is 0.377. The highest BCUT2D eigenvalue weighted by atomic mass is 16.1. The lowest BCUT2D eigenvalue weighted by atomic mass is 9.92. The lowest BCUT2D eigenvalue weighted by Crippen LogP contribution is -2.24. The summed E-state index contributed by atoms with van der Waals surface area (Å²) < 4.78 is 0. The molecule has 0 saturated carbocycles. The van der Waals surface area contributed by atoms with Crippen LogP contribution in [0.15, 0.2) is 34.9 Å². The van der Waals surface area contributed by atoms with Gasteiger partial charge in [0.15, 0.2) is 0 Å². The number of fused-ring (bicyclic) bond motifs is 1. The summed E-state index contributed by atoms with van der Waals surface area (Å²) in [5.74, 6) is 5.38. The fraction of sp³-hybridized carbons (Fsp3) is 0.333. The van der Waals surface area contributed by atoms with Gasteiger partial charge in [0, 0.05) is 5.57 Å². The van der Waals surface area contributed by atoms with Gasteiger partial charge in [0.25, 0.3) is 5.91 Å². The zero-order valence-corrected chi connectivity index (χ0v) is 11.1. The summed E-state index contributed by atoms with van der Waals surface area (Å²) in [6.45, 7) is 2.16. The van der Waals surface area contributed by atoms with Crippen LogP contribution in [0.25, 0.3) is 6.08 Å². The topological polar surface area (TPSA) is 67.5 Å². The molecule has 0 aromatic heterocycles. The van der Waals surface area contributed by atoms with E-state index < -0.39 is 0 Å². The van der Waals surface area contributed by atoms with Crippen LogP contribution in [-0.2, 0) is 11.2 Å². The van der Waals surface area contributed by atoms with Gasteiger partial charge in [-0.3, -0.25) is 4.79 Å². The number of nitrogens with one attached hydrogen (secondary N) is 1. The highest BCUT2D eigenvalue weighted by Crippen LogP contribution is 2.28. The fourth-order valence-electron chi connectivity index (χ4n) is 2.44. The van der Waals surface area contributed by atoms with E-state index in [9.17, 15) is 4.79 Å². The molecule has 1 aromatic rings. The summed E-state index contributed by atoms with van der Waals surface area (Å²) in [4.78, 5) is 12.1. The molecule has 1 aliphatic carbocycles. The van der Waals surface area contributed by atoms with Gasteiger partial charge in [-0.15, -0.1) is 0 Å². The van der Waals surface area contributed by atoms with Gasteiger partial charge in [-0.05, 0) is 36.0 Å².